The van der Waals surface area contributed by atoms with Gasteiger partial charge in [-0.1, -0.05) is 48.5 Å². The summed E-state index contributed by atoms with van der Waals surface area (Å²) >= 11 is 0. The van der Waals surface area contributed by atoms with E-state index in [0.29, 0.717) is 18.4 Å². The Kier molecular flexibility index (Phi) is 5.32. The van der Waals surface area contributed by atoms with Gasteiger partial charge in [-0.15, -0.1) is 0 Å². The quantitative estimate of drug-likeness (QED) is 0.847. The number of aliphatic hydroxyl groups excluding tert-OH is 1. The number of rotatable bonds is 5. The Morgan fingerprint density at radius 2 is 1.81 bits per heavy atom. The summed E-state index contributed by atoms with van der Waals surface area (Å²) in [6.07, 6.45) is -3.71. The highest BCUT2D eigenvalue weighted by atomic mass is 19.4. The van der Waals surface area contributed by atoms with Crippen molar-refractivity contribution in [3.8, 4) is 0 Å². The lowest BCUT2D eigenvalue weighted by Crippen LogP contribution is -2.41. The smallest absolute Gasteiger partial charge is 0.393 e. The third-order valence-electron chi connectivity index (χ3n) is 4.72. The van der Waals surface area contributed by atoms with Crippen LogP contribution in [0.1, 0.15) is 35.6 Å². The molecule has 0 radical (unpaired) electrons. The van der Waals surface area contributed by atoms with E-state index < -0.39 is 11.7 Å². The van der Waals surface area contributed by atoms with Crippen molar-refractivity contribution in [2.45, 2.75) is 37.6 Å². The molecule has 2 aromatic rings. The number of benzene rings is 2. The van der Waals surface area contributed by atoms with E-state index in [4.69, 9.17) is 0 Å². The second kappa shape index (κ2) is 7.50. The van der Waals surface area contributed by atoms with Crippen LogP contribution in [-0.2, 0) is 17.4 Å². The number of amides is 1. The molecule has 3 rings (SSSR count). The van der Waals surface area contributed by atoms with Gasteiger partial charge >= 0.3 is 6.18 Å². The van der Waals surface area contributed by atoms with Crippen molar-refractivity contribution in [3.05, 3.63) is 71.3 Å². The first-order chi connectivity index (χ1) is 12.3. The summed E-state index contributed by atoms with van der Waals surface area (Å²) in [6, 6.07) is 14.0. The minimum Gasteiger partial charge on any atom is -0.393 e. The largest absolute Gasteiger partial charge is 0.416 e. The van der Waals surface area contributed by atoms with Crippen LogP contribution in [0, 0.1) is 5.92 Å². The van der Waals surface area contributed by atoms with Gasteiger partial charge < -0.3 is 10.4 Å². The van der Waals surface area contributed by atoms with E-state index in [2.05, 4.69) is 5.32 Å². The molecule has 0 aliphatic heterocycles. The van der Waals surface area contributed by atoms with Crippen molar-refractivity contribution in [2.24, 2.45) is 5.92 Å². The Morgan fingerprint density at radius 1 is 1.12 bits per heavy atom. The Morgan fingerprint density at radius 3 is 2.42 bits per heavy atom. The molecule has 1 atom stereocenters. The minimum absolute atomic E-state index is 0.122. The minimum atomic E-state index is -4.43. The van der Waals surface area contributed by atoms with Crippen LogP contribution in [0.15, 0.2) is 54.6 Å². The van der Waals surface area contributed by atoms with Crippen LogP contribution in [0.4, 0.5) is 13.2 Å². The number of hydrogen-bond donors (Lipinski definition) is 2. The van der Waals surface area contributed by atoms with E-state index in [0.717, 1.165) is 17.7 Å². The van der Waals surface area contributed by atoms with E-state index in [1.54, 1.807) is 0 Å². The Hall–Kier alpha value is -2.34. The zero-order valence-electron chi connectivity index (χ0n) is 14.0. The van der Waals surface area contributed by atoms with Gasteiger partial charge in [-0.05, 0) is 36.0 Å². The van der Waals surface area contributed by atoms with E-state index >= 15 is 0 Å². The molecule has 1 aliphatic rings. The van der Waals surface area contributed by atoms with Crippen molar-refractivity contribution in [1.82, 2.24) is 5.32 Å². The first kappa shape index (κ1) is 18.5. The molecular formula is C20H20F3NO2. The average Bonchev–Trinajstić information content (AvgIpc) is 2.57. The van der Waals surface area contributed by atoms with Gasteiger partial charge in [0.1, 0.15) is 0 Å². The third-order valence-corrected chi connectivity index (χ3v) is 4.72. The molecule has 0 saturated heterocycles. The van der Waals surface area contributed by atoms with Gasteiger partial charge in [-0.2, -0.15) is 13.2 Å². The van der Waals surface area contributed by atoms with Crippen LogP contribution in [0.2, 0.25) is 0 Å². The van der Waals surface area contributed by atoms with Crippen LogP contribution >= 0.6 is 0 Å². The predicted molar refractivity (Wildman–Crippen MR) is 91.2 cm³/mol. The van der Waals surface area contributed by atoms with Crippen molar-refractivity contribution in [2.75, 3.05) is 0 Å². The molecule has 1 amide bonds. The van der Waals surface area contributed by atoms with Gasteiger partial charge in [0.05, 0.1) is 24.1 Å². The standard InChI is InChI=1S/C20H20F3NO2/c21-20(22,23)16-8-4-5-13(9-16)10-18(26)24-19(15-11-17(25)12-15)14-6-2-1-3-7-14/h1-9,15,17,19,25H,10-12H2,(H,24,26). The van der Waals surface area contributed by atoms with Crippen molar-refractivity contribution < 1.29 is 23.1 Å². The van der Waals surface area contributed by atoms with Gasteiger partial charge in [-0.3, -0.25) is 4.79 Å². The number of carbonyl (C=O) groups excluding carboxylic acids is 1. The van der Waals surface area contributed by atoms with Gasteiger partial charge in [0, 0.05) is 0 Å². The number of halogens is 3. The zero-order valence-corrected chi connectivity index (χ0v) is 14.0. The van der Waals surface area contributed by atoms with Crippen LogP contribution in [0.3, 0.4) is 0 Å². The first-order valence-corrected chi connectivity index (χ1v) is 8.51. The maximum Gasteiger partial charge on any atom is 0.416 e. The Labute approximate surface area is 149 Å². The Bertz CT molecular complexity index is 755. The zero-order chi connectivity index (χ0) is 18.7. The molecule has 1 fully saturated rings. The maximum absolute atomic E-state index is 12.8. The predicted octanol–water partition coefficient (Wildman–Crippen LogP) is 3.88. The second-order valence-electron chi connectivity index (χ2n) is 6.72. The summed E-state index contributed by atoms with van der Waals surface area (Å²) in [5, 5.41) is 12.5. The highest BCUT2D eigenvalue weighted by Gasteiger charge is 2.35. The topological polar surface area (TPSA) is 49.3 Å². The lowest BCUT2D eigenvalue weighted by molar-refractivity contribution is -0.137. The lowest BCUT2D eigenvalue weighted by atomic mass is 9.75. The summed E-state index contributed by atoms with van der Waals surface area (Å²) in [6.45, 7) is 0. The highest BCUT2D eigenvalue weighted by Crippen LogP contribution is 2.38. The molecule has 0 bridgehead atoms. The lowest BCUT2D eigenvalue weighted by Gasteiger charge is -2.38. The molecule has 1 aliphatic carbocycles. The number of hydrogen-bond acceptors (Lipinski definition) is 2. The molecule has 3 nitrogen and oxygen atoms in total. The molecule has 0 aromatic heterocycles. The van der Waals surface area contributed by atoms with Gasteiger partial charge in [0.25, 0.3) is 0 Å². The molecule has 26 heavy (non-hydrogen) atoms. The molecular weight excluding hydrogens is 343 g/mol. The fourth-order valence-corrected chi connectivity index (χ4v) is 3.30. The van der Waals surface area contributed by atoms with Crippen molar-refractivity contribution in [3.63, 3.8) is 0 Å². The fraction of sp³-hybridized carbons (Fsp3) is 0.350. The average molecular weight is 363 g/mol. The molecule has 2 N–H and O–H groups in total. The monoisotopic (exact) mass is 363 g/mol. The molecule has 1 saturated carbocycles. The van der Waals surface area contributed by atoms with Gasteiger partial charge in [0.15, 0.2) is 0 Å². The van der Waals surface area contributed by atoms with Crippen molar-refractivity contribution in [1.29, 1.82) is 0 Å². The summed E-state index contributed by atoms with van der Waals surface area (Å²) in [5.41, 5.74) is 0.490. The maximum atomic E-state index is 12.8. The van der Waals surface area contributed by atoms with E-state index in [1.165, 1.54) is 12.1 Å². The number of alkyl halides is 3. The van der Waals surface area contributed by atoms with Crippen LogP contribution in [0.25, 0.3) is 0 Å². The van der Waals surface area contributed by atoms with Crippen molar-refractivity contribution >= 4 is 5.91 Å². The second-order valence-corrected chi connectivity index (χ2v) is 6.72. The first-order valence-electron chi connectivity index (χ1n) is 8.51. The molecule has 138 valence electrons. The van der Waals surface area contributed by atoms with Gasteiger partial charge in [0.2, 0.25) is 5.91 Å². The number of nitrogens with one attached hydrogen (secondary N) is 1. The molecule has 0 spiro atoms. The number of carbonyl (C=O) groups is 1. The summed E-state index contributed by atoms with van der Waals surface area (Å²) < 4.78 is 38.4. The summed E-state index contributed by atoms with van der Waals surface area (Å²) in [5.74, 6) is -0.211. The van der Waals surface area contributed by atoms with Gasteiger partial charge in [-0.25, -0.2) is 0 Å². The normalized spacial score (nSPS) is 20.9. The van der Waals surface area contributed by atoms with Crippen LogP contribution in [0.5, 0.6) is 0 Å². The fourth-order valence-electron chi connectivity index (χ4n) is 3.30. The molecule has 2 aromatic carbocycles. The Balaban J connectivity index is 1.70. The molecule has 0 heterocycles. The summed E-state index contributed by atoms with van der Waals surface area (Å²) in [7, 11) is 0. The van der Waals surface area contributed by atoms with E-state index in [1.807, 2.05) is 30.3 Å². The molecule has 1 unspecified atom stereocenters. The van der Waals surface area contributed by atoms with E-state index in [-0.39, 0.29) is 30.4 Å². The highest BCUT2D eigenvalue weighted by molar-refractivity contribution is 5.79. The number of aliphatic hydroxyl groups is 1. The summed E-state index contributed by atoms with van der Waals surface area (Å²) in [4.78, 5) is 12.4. The third kappa shape index (κ3) is 4.43. The van der Waals surface area contributed by atoms with E-state index in [9.17, 15) is 23.1 Å². The molecule has 6 heteroatoms. The van der Waals surface area contributed by atoms with Crippen LogP contribution < -0.4 is 5.32 Å². The van der Waals surface area contributed by atoms with Crippen LogP contribution in [-0.4, -0.2) is 17.1 Å². The SMILES string of the molecule is O=C(Cc1cccc(C(F)(F)F)c1)NC(c1ccccc1)C1CC(O)C1.